The molecule has 2 aromatic rings. The first-order valence-electron chi connectivity index (χ1n) is 9.26. The highest BCUT2D eigenvalue weighted by Gasteiger charge is 2.37. The molecule has 0 bridgehead atoms. The smallest absolute Gasteiger partial charge is 0.247 e. The van der Waals surface area contributed by atoms with Crippen molar-refractivity contribution in [2.45, 2.75) is 51.8 Å². The van der Waals surface area contributed by atoms with Crippen LogP contribution in [0.5, 0.6) is 11.6 Å². The summed E-state index contributed by atoms with van der Waals surface area (Å²) in [5.74, 6) is 1.00. The average molecular weight is 369 g/mol. The summed E-state index contributed by atoms with van der Waals surface area (Å²) in [5.41, 5.74) is 2.74. The van der Waals surface area contributed by atoms with Crippen molar-refractivity contribution in [3.8, 4) is 11.6 Å². The van der Waals surface area contributed by atoms with E-state index in [4.69, 9.17) is 9.47 Å². The summed E-state index contributed by atoms with van der Waals surface area (Å²) in [6.07, 6.45) is 2.01. The van der Waals surface area contributed by atoms with Gasteiger partial charge >= 0.3 is 0 Å². The molecule has 142 valence electrons. The van der Waals surface area contributed by atoms with Crippen LogP contribution in [0.1, 0.15) is 43.9 Å². The van der Waals surface area contributed by atoms with Gasteiger partial charge in [0, 0.05) is 11.6 Å². The molecular formula is C20H23N3O4. The van der Waals surface area contributed by atoms with Gasteiger partial charge in [0.2, 0.25) is 11.8 Å². The molecule has 0 saturated carbocycles. The highest BCUT2D eigenvalue weighted by atomic mass is 16.5. The molecular weight excluding hydrogens is 346 g/mol. The number of fused-ring (bicyclic) bond motifs is 1. The summed E-state index contributed by atoms with van der Waals surface area (Å²) in [4.78, 5) is 18.0. The van der Waals surface area contributed by atoms with Crippen LogP contribution in [0.3, 0.4) is 0 Å². The van der Waals surface area contributed by atoms with E-state index in [2.05, 4.69) is 17.2 Å². The van der Waals surface area contributed by atoms with Gasteiger partial charge in [-0.25, -0.2) is 4.98 Å². The molecule has 1 aromatic carbocycles. The lowest BCUT2D eigenvalue weighted by Crippen LogP contribution is -2.37. The summed E-state index contributed by atoms with van der Waals surface area (Å²) in [7, 11) is 0. The number of pyridine rings is 1. The fourth-order valence-corrected chi connectivity index (χ4v) is 3.63. The standard InChI is InChI=1S/C20H23N3O4/c1-3-14-19(24)23(20(25)22-14)13-8-9-17(21-10-13)27-16-7-5-6-12-11-26-15(4-2)18(12)16/h5-10,14-15,20,22,25H,3-4,11H2,1-2H3/t14-,15?,20?/m1/s1. The predicted octanol–water partition coefficient (Wildman–Crippen LogP) is 2.85. The molecule has 1 fully saturated rings. The number of carbonyl (C=O) groups excluding carboxylic acids is 1. The molecule has 2 aliphatic rings. The van der Waals surface area contributed by atoms with Crippen molar-refractivity contribution >= 4 is 11.6 Å². The second-order valence-electron chi connectivity index (χ2n) is 6.70. The fourth-order valence-electron chi connectivity index (χ4n) is 3.63. The predicted molar refractivity (Wildman–Crippen MR) is 99.3 cm³/mol. The third kappa shape index (κ3) is 3.18. The number of aliphatic hydroxyl groups excluding tert-OH is 1. The van der Waals surface area contributed by atoms with Gasteiger partial charge in [0.25, 0.3) is 0 Å². The Morgan fingerprint density at radius 2 is 2.15 bits per heavy atom. The Labute approximate surface area is 157 Å². The van der Waals surface area contributed by atoms with Crippen molar-refractivity contribution in [1.29, 1.82) is 0 Å². The van der Waals surface area contributed by atoms with E-state index in [-0.39, 0.29) is 18.1 Å². The number of hydrogen-bond donors (Lipinski definition) is 2. The number of aliphatic hydroxyl groups is 1. The molecule has 4 rings (SSSR count). The molecule has 0 aliphatic carbocycles. The van der Waals surface area contributed by atoms with Crippen LogP contribution in [-0.2, 0) is 16.1 Å². The topological polar surface area (TPSA) is 83.9 Å². The normalized spacial score (nSPS) is 24.3. The van der Waals surface area contributed by atoms with Gasteiger partial charge in [0.05, 0.1) is 30.6 Å². The Kier molecular flexibility index (Phi) is 4.82. The monoisotopic (exact) mass is 369 g/mol. The van der Waals surface area contributed by atoms with Gasteiger partial charge in [0.15, 0.2) is 6.35 Å². The number of aromatic nitrogens is 1. The fraction of sp³-hybridized carbons (Fsp3) is 0.400. The third-order valence-corrected chi connectivity index (χ3v) is 5.04. The van der Waals surface area contributed by atoms with Gasteiger partial charge < -0.3 is 14.6 Å². The lowest BCUT2D eigenvalue weighted by Gasteiger charge is -2.19. The summed E-state index contributed by atoms with van der Waals surface area (Å²) < 4.78 is 11.8. The van der Waals surface area contributed by atoms with Crippen LogP contribution in [0, 0.1) is 0 Å². The summed E-state index contributed by atoms with van der Waals surface area (Å²) in [5, 5.41) is 13.0. The number of rotatable bonds is 5. The molecule has 2 N–H and O–H groups in total. The molecule has 27 heavy (non-hydrogen) atoms. The van der Waals surface area contributed by atoms with Crippen LogP contribution < -0.4 is 15.0 Å². The minimum Gasteiger partial charge on any atom is -0.439 e. The molecule has 2 aliphatic heterocycles. The summed E-state index contributed by atoms with van der Waals surface area (Å²) in [6, 6.07) is 8.94. The highest BCUT2D eigenvalue weighted by Crippen LogP contribution is 2.40. The van der Waals surface area contributed by atoms with Crippen molar-refractivity contribution in [2.75, 3.05) is 4.90 Å². The second-order valence-corrected chi connectivity index (χ2v) is 6.70. The molecule has 1 amide bonds. The SMILES string of the molecule is CCC1OCc2cccc(Oc3ccc(N4C(=O)[C@@H](CC)NC4O)cn3)c21. The molecule has 7 nitrogen and oxygen atoms in total. The van der Waals surface area contributed by atoms with Crippen LogP contribution in [0.2, 0.25) is 0 Å². The quantitative estimate of drug-likeness (QED) is 0.843. The Morgan fingerprint density at radius 3 is 2.81 bits per heavy atom. The van der Waals surface area contributed by atoms with Crippen molar-refractivity contribution in [1.82, 2.24) is 10.3 Å². The Balaban J connectivity index is 1.55. The second kappa shape index (κ2) is 7.26. The van der Waals surface area contributed by atoms with E-state index in [1.54, 1.807) is 12.1 Å². The van der Waals surface area contributed by atoms with Crippen molar-refractivity contribution in [3.05, 3.63) is 47.7 Å². The zero-order chi connectivity index (χ0) is 19.0. The maximum absolute atomic E-state index is 12.4. The van der Waals surface area contributed by atoms with E-state index in [1.165, 1.54) is 11.1 Å². The molecule has 7 heteroatoms. The number of anilines is 1. The first-order chi connectivity index (χ1) is 13.1. The van der Waals surface area contributed by atoms with Gasteiger partial charge in [0.1, 0.15) is 5.75 Å². The Hall–Kier alpha value is -2.48. The van der Waals surface area contributed by atoms with E-state index in [9.17, 15) is 9.90 Å². The first kappa shape index (κ1) is 17.9. The van der Waals surface area contributed by atoms with Gasteiger partial charge in [-0.3, -0.25) is 15.0 Å². The zero-order valence-corrected chi connectivity index (χ0v) is 15.4. The van der Waals surface area contributed by atoms with Crippen LogP contribution in [0.15, 0.2) is 36.5 Å². The van der Waals surface area contributed by atoms with E-state index in [1.807, 2.05) is 25.1 Å². The van der Waals surface area contributed by atoms with Crippen LogP contribution in [0.4, 0.5) is 5.69 Å². The Bertz CT molecular complexity index is 840. The molecule has 3 heterocycles. The lowest BCUT2D eigenvalue weighted by atomic mass is 10.0. The van der Waals surface area contributed by atoms with Crippen LogP contribution in [-0.4, -0.2) is 28.4 Å². The van der Waals surface area contributed by atoms with Gasteiger partial charge in [-0.15, -0.1) is 0 Å². The molecule has 1 saturated heterocycles. The number of amides is 1. The maximum atomic E-state index is 12.4. The molecule has 0 spiro atoms. The van der Waals surface area contributed by atoms with Gasteiger partial charge in [-0.1, -0.05) is 26.0 Å². The number of nitrogens with one attached hydrogen (secondary N) is 1. The Morgan fingerprint density at radius 1 is 1.30 bits per heavy atom. The summed E-state index contributed by atoms with van der Waals surface area (Å²) >= 11 is 0. The lowest BCUT2D eigenvalue weighted by molar-refractivity contribution is -0.118. The van der Waals surface area contributed by atoms with Crippen LogP contribution >= 0.6 is 0 Å². The first-order valence-corrected chi connectivity index (χ1v) is 9.26. The van der Waals surface area contributed by atoms with Crippen molar-refractivity contribution in [3.63, 3.8) is 0 Å². The minimum atomic E-state index is -1.05. The maximum Gasteiger partial charge on any atom is 0.247 e. The molecule has 2 unspecified atom stereocenters. The number of ether oxygens (including phenoxy) is 2. The van der Waals surface area contributed by atoms with E-state index >= 15 is 0 Å². The van der Waals surface area contributed by atoms with Gasteiger partial charge in [-0.2, -0.15) is 0 Å². The van der Waals surface area contributed by atoms with Crippen molar-refractivity contribution in [2.24, 2.45) is 0 Å². The molecule has 1 aromatic heterocycles. The average Bonchev–Trinajstić information content (AvgIpc) is 3.23. The molecule has 3 atom stereocenters. The number of benzene rings is 1. The van der Waals surface area contributed by atoms with E-state index in [0.29, 0.717) is 24.6 Å². The minimum absolute atomic E-state index is 0.0323. The number of nitrogens with zero attached hydrogens (tertiary/aromatic N) is 2. The third-order valence-electron chi connectivity index (χ3n) is 5.04. The van der Waals surface area contributed by atoms with Gasteiger partial charge in [-0.05, 0) is 30.5 Å². The van der Waals surface area contributed by atoms with Crippen LogP contribution in [0.25, 0.3) is 0 Å². The largest absolute Gasteiger partial charge is 0.439 e. The number of carbonyl (C=O) groups is 1. The summed E-state index contributed by atoms with van der Waals surface area (Å²) in [6.45, 7) is 4.57. The zero-order valence-electron chi connectivity index (χ0n) is 15.4. The molecule has 0 radical (unpaired) electrons. The van der Waals surface area contributed by atoms with Crippen molar-refractivity contribution < 1.29 is 19.4 Å². The highest BCUT2D eigenvalue weighted by molar-refractivity contribution is 5.99. The van der Waals surface area contributed by atoms with E-state index < -0.39 is 6.35 Å². The van der Waals surface area contributed by atoms with E-state index in [0.717, 1.165) is 23.3 Å². The number of hydrogen-bond acceptors (Lipinski definition) is 6.